The molecule has 1 aliphatic heterocycles. The Morgan fingerprint density at radius 3 is 2.41 bits per heavy atom. The molecular formula is C27H26NO+. The molecule has 0 fully saturated rings. The smallest absolute Gasteiger partial charge is 0.257 e. The van der Waals surface area contributed by atoms with Crippen molar-refractivity contribution < 1.29 is 9.30 Å². The van der Waals surface area contributed by atoms with E-state index in [9.17, 15) is 0 Å². The van der Waals surface area contributed by atoms with Crippen LogP contribution in [0, 0.1) is 13.8 Å². The van der Waals surface area contributed by atoms with Crippen LogP contribution in [0.3, 0.4) is 0 Å². The van der Waals surface area contributed by atoms with Crippen LogP contribution in [0.5, 0.6) is 11.5 Å². The number of aromatic nitrogens is 1. The van der Waals surface area contributed by atoms with Crippen molar-refractivity contribution in [3.05, 3.63) is 77.5 Å². The number of hydrogen-bond acceptors (Lipinski definition) is 1. The van der Waals surface area contributed by atoms with Crippen LogP contribution in [-0.2, 0) is 7.05 Å². The molecule has 4 aromatic rings. The third-order valence-corrected chi connectivity index (χ3v) is 6.26. The zero-order valence-corrected chi connectivity index (χ0v) is 17.7. The van der Waals surface area contributed by atoms with E-state index in [0.29, 0.717) is 5.92 Å². The monoisotopic (exact) mass is 380 g/mol. The summed E-state index contributed by atoms with van der Waals surface area (Å²) in [5.41, 5.74) is 8.75. The standard InChI is InChI=1S/C27H26NO/c1-16(2)19-9-11-20(12-10-19)22-13-14-28(5)26-24-18(4)17(3)15-21-7-6-8-23(25(21)24)29-27(22)26/h6-16H,1-5H3/q+1. The highest BCUT2D eigenvalue weighted by Crippen LogP contribution is 2.50. The second-order valence-electron chi connectivity index (χ2n) is 8.44. The molecule has 0 atom stereocenters. The second kappa shape index (κ2) is 6.45. The molecule has 0 amide bonds. The van der Waals surface area contributed by atoms with E-state index in [2.05, 4.69) is 100 Å². The van der Waals surface area contributed by atoms with Gasteiger partial charge in [-0.25, -0.2) is 0 Å². The fourth-order valence-electron chi connectivity index (χ4n) is 4.45. The van der Waals surface area contributed by atoms with Crippen molar-refractivity contribution in [1.29, 1.82) is 0 Å². The Balaban J connectivity index is 1.82. The molecule has 0 saturated carbocycles. The largest absolute Gasteiger partial charge is 0.449 e. The SMILES string of the molecule is Cc1cc2cccc3c2c(c1C)-c1c(c(-c2ccc(C(C)C)cc2)cc[n+]1C)O3. The van der Waals surface area contributed by atoms with Crippen molar-refractivity contribution in [2.75, 3.05) is 0 Å². The van der Waals surface area contributed by atoms with Gasteiger partial charge in [-0.15, -0.1) is 0 Å². The lowest BCUT2D eigenvalue weighted by Crippen LogP contribution is -2.32. The maximum absolute atomic E-state index is 6.57. The average Bonchev–Trinajstić information content (AvgIpc) is 2.71. The minimum atomic E-state index is 0.526. The Morgan fingerprint density at radius 1 is 0.931 bits per heavy atom. The van der Waals surface area contributed by atoms with E-state index in [1.165, 1.54) is 38.6 Å². The Hall–Kier alpha value is -3.13. The Morgan fingerprint density at radius 2 is 1.69 bits per heavy atom. The fraction of sp³-hybridized carbons (Fsp3) is 0.222. The van der Waals surface area contributed by atoms with Gasteiger partial charge in [0.15, 0.2) is 6.20 Å². The molecule has 1 aromatic heterocycles. The Labute approximate surface area is 172 Å². The zero-order chi connectivity index (χ0) is 20.3. The summed E-state index contributed by atoms with van der Waals surface area (Å²) in [5.74, 6) is 2.42. The molecule has 2 heteroatoms. The van der Waals surface area contributed by atoms with Gasteiger partial charge in [-0.2, -0.15) is 4.57 Å². The van der Waals surface area contributed by atoms with Gasteiger partial charge in [-0.1, -0.05) is 56.3 Å². The van der Waals surface area contributed by atoms with Crippen LogP contribution < -0.4 is 9.30 Å². The lowest BCUT2D eigenvalue weighted by atomic mass is 9.89. The predicted octanol–water partition coefficient (Wildman–Crippen LogP) is 6.84. The first-order valence-electron chi connectivity index (χ1n) is 10.3. The summed E-state index contributed by atoms with van der Waals surface area (Å²) in [4.78, 5) is 0. The molecule has 2 nitrogen and oxygen atoms in total. The summed E-state index contributed by atoms with van der Waals surface area (Å²) in [5, 5.41) is 2.45. The number of benzene rings is 3. The molecule has 144 valence electrons. The van der Waals surface area contributed by atoms with Gasteiger partial charge in [0, 0.05) is 17.0 Å². The molecule has 0 aliphatic carbocycles. The number of pyridine rings is 1. The molecule has 0 spiro atoms. The van der Waals surface area contributed by atoms with Crippen LogP contribution in [-0.4, -0.2) is 0 Å². The van der Waals surface area contributed by atoms with Crippen molar-refractivity contribution in [2.24, 2.45) is 7.05 Å². The summed E-state index contributed by atoms with van der Waals surface area (Å²) in [6.45, 7) is 8.87. The lowest BCUT2D eigenvalue weighted by molar-refractivity contribution is -0.660. The summed E-state index contributed by atoms with van der Waals surface area (Å²) in [6.07, 6.45) is 2.15. The van der Waals surface area contributed by atoms with Crippen molar-refractivity contribution >= 4 is 10.8 Å². The van der Waals surface area contributed by atoms with E-state index in [-0.39, 0.29) is 0 Å². The normalized spacial score (nSPS) is 12.2. The van der Waals surface area contributed by atoms with E-state index in [1.807, 2.05) is 0 Å². The van der Waals surface area contributed by atoms with Crippen molar-refractivity contribution in [3.63, 3.8) is 0 Å². The van der Waals surface area contributed by atoms with Gasteiger partial charge in [-0.05, 0) is 53.5 Å². The number of aryl methyl sites for hydroxylation is 2. The maximum Gasteiger partial charge on any atom is 0.257 e. The summed E-state index contributed by atoms with van der Waals surface area (Å²) < 4.78 is 8.76. The van der Waals surface area contributed by atoms with E-state index >= 15 is 0 Å². The molecule has 29 heavy (non-hydrogen) atoms. The first-order chi connectivity index (χ1) is 14.0. The third kappa shape index (κ3) is 2.66. The second-order valence-corrected chi connectivity index (χ2v) is 8.44. The third-order valence-electron chi connectivity index (χ3n) is 6.26. The molecule has 5 rings (SSSR count). The highest BCUT2D eigenvalue weighted by atomic mass is 16.5. The molecule has 0 radical (unpaired) electrons. The minimum absolute atomic E-state index is 0.526. The lowest BCUT2D eigenvalue weighted by Gasteiger charge is -2.23. The molecule has 0 saturated heterocycles. The van der Waals surface area contributed by atoms with Gasteiger partial charge in [0.2, 0.25) is 5.75 Å². The van der Waals surface area contributed by atoms with Crippen molar-refractivity contribution in [3.8, 4) is 33.9 Å². The molecule has 0 bridgehead atoms. The van der Waals surface area contributed by atoms with Gasteiger partial charge in [0.1, 0.15) is 12.8 Å². The first-order valence-corrected chi connectivity index (χ1v) is 10.3. The highest BCUT2D eigenvalue weighted by molar-refractivity contribution is 6.05. The highest BCUT2D eigenvalue weighted by Gasteiger charge is 2.32. The zero-order valence-electron chi connectivity index (χ0n) is 17.7. The van der Waals surface area contributed by atoms with E-state index < -0.39 is 0 Å². The van der Waals surface area contributed by atoms with Gasteiger partial charge < -0.3 is 4.74 Å². The van der Waals surface area contributed by atoms with Gasteiger partial charge in [0.05, 0.1) is 5.56 Å². The molecule has 2 heterocycles. The minimum Gasteiger partial charge on any atom is -0.449 e. The van der Waals surface area contributed by atoms with E-state index in [4.69, 9.17) is 4.74 Å². The van der Waals surface area contributed by atoms with Gasteiger partial charge >= 0.3 is 0 Å². The van der Waals surface area contributed by atoms with Gasteiger partial charge in [-0.3, -0.25) is 0 Å². The van der Waals surface area contributed by atoms with Gasteiger partial charge in [0.25, 0.3) is 5.69 Å². The summed E-state index contributed by atoms with van der Waals surface area (Å²) in [7, 11) is 2.11. The first kappa shape index (κ1) is 17.9. The molecule has 0 N–H and O–H groups in total. The number of hydrogen-bond donors (Lipinski definition) is 0. The van der Waals surface area contributed by atoms with Crippen molar-refractivity contribution in [1.82, 2.24) is 0 Å². The van der Waals surface area contributed by atoms with E-state index in [0.717, 1.165) is 22.8 Å². The predicted molar refractivity (Wildman–Crippen MR) is 120 cm³/mol. The Bertz CT molecular complexity index is 1270. The van der Waals surface area contributed by atoms with Crippen LogP contribution in [0.25, 0.3) is 33.2 Å². The van der Waals surface area contributed by atoms with Crippen LogP contribution in [0.1, 0.15) is 36.5 Å². The topological polar surface area (TPSA) is 13.1 Å². The number of nitrogens with zero attached hydrogens (tertiary/aromatic N) is 1. The van der Waals surface area contributed by atoms with Crippen LogP contribution >= 0.6 is 0 Å². The number of ether oxygens (including phenoxy) is 1. The quantitative estimate of drug-likeness (QED) is 0.305. The molecule has 0 unspecified atom stereocenters. The molecule has 3 aromatic carbocycles. The number of rotatable bonds is 2. The fourth-order valence-corrected chi connectivity index (χ4v) is 4.45. The molecule has 1 aliphatic rings. The number of fused-ring (bicyclic) bond motifs is 2. The summed E-state index contributed by atoms with van der Waals surface area (Å²) >= 11 is 0. The van der Waals surface area contributed by atoms with Crippen molar-refractivity contribution in [2.45, 2.75) is 33.6 Å². The Kier molecular flexibility index (Phi) is 3.99. The van der Waals surface area contributed by atoms with Crippen LogP contribution in [0.2, 0.25) is 0 Å². The van der Waals surface area contributed by atoms with Crippen LogP contribution in [0.4, 0.5) is 0 Å². The maximum atomic E-state index is 6.57. The average molecular weight is 381 g/mol. The van der Waals surface area contributed by atoms with Crippen LogP contribution in [0.15, 0.2) is 60.8 Å². The van der Waals surface area contributed by atoms with E-state index in [1.54, 1.807) is 0 Å². The summed E-state index contributed by atoms with van der Waals surface area (Å²) in [6, 6.07) is 19.7. The molecular weight excluding hydrogens is 354 g/mol.